The van der Waals surface area contributed by atoms with E-state index in [1.54, 1.807) is 7.11 Å². The van der Waals surface area contributed by atoms with Crippen molar-refractivity contribution in [1.29, 1.82) is 0 Å². The second-order valence-electron chi connectivity index (χ2n) is 4.46. The molecule has 0 aromatic heterocycles. The normalized spacial score (nSPS) is 19.1. The Morgan fingerprint density at radius 1 is 1.35 bits per heavy atom. The highest BCUT2D eigenvalue weighted by atomic mass is 16.5. The van der Waals surface area contributed by atoms with Crippen LogP contribution in [0, 0.1) is 0 Å². The van der Waals surface area contributed by atoms with Crippen molar-refractivity contribution in [3.8, 4) is 5.75 Å². The molecule has 0 N–H and O–H groups in total. The SMILES string of the molecule is COc1ccc2c(c1)C[C@H](OC(C)=O)CCC2. The van der Waals surface area contributed by atoms with Gasteiger partial charge in [0.25, 0.3) is 0 Å². The average molecular weight is 234 g/mol. The molecule has 0 saturated heterocycles. The molecule has 1 aliphatic carbocycles. The van der Waals surface area contributed by atoms with Gasteiger partial charge in [-0.25, -0.2) is 0 Å². The van der Waals surface area contributed by atoms with E-state index < -0.39 is 0 Å². The van der Waals surface area contributed by atoms with Crippen molar-refractivity contribution in [2.45, 2.75) is 38.7 Å². The Labute approximate surface area is 102 Å². The van der Waals surface area contributed by atoms with Gasteiger partial charge < -0.3 is 9.47 Å². The first-order valence-electron chi connectivity index (χ1n) is 6.02. The second-order valence-corrected chi connectivity index (χ2v) is 4.46. The summed E-state index contributed by atoms with van der Waals surface area (Å²) in [4.78, 5) is 11.0. The molecular formula is C14H18O3. The van der Waals surface area contributed by atoms with Gasteiger partial charge in [-0.05, 0) is 42.5 Å². The first kappa shape index (κ1) is 12.0. The molecule has 0 saturated carbocycles. The van der Waals surface area contributed by atoms with Gasteiger partial charge in [0.15, 0.2) is 0 Å². The number of rotatable bonds is 2. The lowest BCUT2D eigenvalue weighted by Gasteiger charge is -2.15. The number of benzene rings is 1. The Morgan fingerprint density at radius 3 is 2.88 bits per heavy atom. The number of carbonyl (C=O) groups excluding carboxylic acids is 1. The molecular weight excluding hydrogens is 216 g/mol. The van der Waals surface area contributed by atoms with E-state index >= 15 is 0 Å². The van der Waals surface area contributed by atoms with Crippen molar-refractivity contribution in [2.75, 3.05) is 7.11 Å². The smallest absolute Gasteiger partial charge is 0.302 e. The molecule has 3 heteroatoms. The fourth-order valence-electron chi connectivity index (χ4n) is 2.37. The molecule has 92 valence electrons. The van der Waals surface area contributed by atoms with E-state index in [0.29, 0.717) is 0 Å². The number of esters is 1. The van der Waals surface area contributed by atoms with Crippen LogP contribution < -0.4 is 4.74 Å². The van der Waals surface area contributed by atoms with Gasteiger partial charge in [-0.2, -0.15) is 0 Å². The largest absolute Gasteiger partial charge is 0.497 e. The fraction of sp³-hybridized carbons (Fsp3) is 0.500. The summed E-state index contributed by atoms with van der Waals surface area (Å²) in [6.07, 6.45) is 3.87. The number of hydrogen-bond donors (Lipinski definition) is 0. The van der Waals surface area contributed by atoms with Crippen molar-refractivity contribution < 1.29 is 14.3 Å². The molecule has 0 bridgehead atoms. The minimum absolute atomic E-state index is 0.0147. The van der Waals surface area contributed by atoms with Crippen LogP contribution in [0.5, 0.6) is 5.75 Å². The average Bonchev–Trinajstić information content (AvgIpc) is 2.48. The highest BCUT2D eigenvalue weighted by Gasteiger charge is 2.19. The molecule has 0 fully saturated rings. The lowest BCUT2D eigenvalue weighted by molar-refractivity contribution is -0.146. The minimum Gasteiger partial charge on any atom is -0.497 e. The Kier molecular flexibility index (Phi) is 3.67. The van der Waals surface area contributed by atoms with Crippen LogP contribution in [0.4, 0.5) is 0 Å². The third-order valence-corrected chi connectivity index (χ3v) is 3.17. The van der Waals surface area contributed by atoms with Gasteiger partial charge >= 0.3 is 5.97 Å². The predicted octanol–water partition coefficient (Wildman–Crippen LogP) is 2.51. The van der Waals surface area contributed by atoms with Gasteiger partial charge in [-0.15, -0.1) is 0 Å². The van der Waals surface area contributed by atoms with Crippen molar-refractivity contribution in [2.24, 2.45) is 0 Å². The highest BCUT2D eigenvalue weighted by molar-refractivity contribution is 5.66. The molecule has 1 aliphatic rings. The molecule has 0 heterocycles. The lowest BCUT2D eigenvalue weighted by Crippen LogP contribution is -2.18. The first-order valence-corrected chi connectivity index (χ1v) is 6.02. The van der Waals surface area contributed by atoms with Crippen LogP contribution in [0.25, 0.3) is 0 Å². The third-order valence-electron chi connectivity index (χ3n) is 3.17. The Hall–Kier alpha value is -1.51. The molecule has 1 aromatic carbocycles. The maximum absolute atomic E-state index is 11.0. The van der Waals surface area contributed by atoms with E-state index in [-0.39, 0.29) is 12.1 Å². The van der Waals surface area contributed by atoms with Crippen LogP contribution in [-0.4, -0.2) is 19.2 Å². The summed E-state index contributed by atoms with van der Waals surface area (Å²) in [5, 5.41) is 0. The van der Waals surface area contributed by atoms with E-state index in [2.05, 4.69) is 12.1 Å². The zero-order valence-electron chi connectivity index (χ0n) is 10.4. The third kappa shape index (κ3) is 2.99. The number of carbonyl (C=O) groups is 1. The van der Waals surface area contributed by atoms with E-state index in [0.717, 1.165) is 31.4 Å². The van der Waals surface area contributed by atoms with Crippen LogP contribution in [0.2, 0.25) is 0 Å². The zero-order valence-corrected chi connectivity index (χ0v) is 10.4. The molecule has 0 spiro atoms. The molecule has 2 rings (SSSR count). The molecule has 0 unspecified atom stereocenters. The summed E-state index contributed by atoms with van der Waals surface area (Å²) in [6, 6.07) is 6.16. The van der Waals surface area contributed by atoms with E-state index in [1.165, 1.54) is 18.1 Å². The van der Waals surface area contributed by atoms with Gasteiger partial charge in [0, 0.05) is 13.3 Å². The number of fused-ring (bicyclic) bond motifs is 1. The van der Waals surface area contributed by atoms with Crippen molar-refractivity contribution in [1.82, 2.24) is 0 Å². The summed E-state index contributed by atoms with van der Waals surface area (Å²) in [5.41, 5.74) is 2.59. The van der Waals surface area contributed by atoms with Crippen molar-refractivity contribution in [3.63, 3.8) is 0 Å². The van der Waals surface area contributed by atoms with E-state index in [9.17, 15) is 4.79 Å². The quantitative estimate of drug-likeness (QED) is 0.582. The molecule has 0 radical (unpaired) electrons. The van der Waals surface area contributed by atoms with E-state index in [4.69, 9.17) is 9.47 Å². The van der Waals surface area contributed by atoms with Crippen molar-refractivity contribution in [3.05, 3.63) is 29.3 Å². The molecule has 1 aromatic rings. The Bertz CT molecular complexity index is 412. The summed E-state index contributed by atoms with van der Waals surface area (Å²) >= 11 is 0. The predicted molar refractivity (Wildman–Crippen MR) is 65.2 cm³/mol. The van der Waals surface area contributed by atoms with Crippen molar-refractivity contribution >= 4 is 5.97 Å². The number of aryl methyl sites for hydroxylation is 1. The first-order chi connectivity index (χ1) is 8.19. The maximum atomic E-state index is 11.0. The maximum Gasteiger partial charge on any atom is 0.302 e. The van der Waals surface area contributed by atoms with Crippen LogP contribution in [-0.2, 0) is 22.4 Å². The molecule has 17 heavy (non-hydrogen) atoms. The van der Waals surface area contributed by atoms with Gasteiger partial charge in [0.2, 0.25) is 0 Å². The Morgan fingerprint density at radius 2 is 2.18 bits per heavy atom. The van der Waals surface area contributed by atoms with Crippen LogP contribution in [0.3, 0.4) is 0 Å². The van der Waals surface area contributed by atoms with Crippen LogP contribution in [0.15, 0.2) is 18.2 Å². The molecule has 0 aliphatic heterocycles. The number of hydrogen-bond acceptors (Lipinski definition) is 3. The zero-order chi connectivity index (χ0) is 12.3. The monoisotopic (exact) mass is 234 g/mol. The van der Waals surface area contributed by atoms with Gasteiger partial charge in [0.1, 0.15) is 11.9 Å². The van der Waals surface area contributed by atoms with Gasteiger partial charge in [-0.3, -0.25) is 4.79 Å². The Balaban J connectivity index is 2.19. The van der Waals surface area contributed by atoms with Gasteiger partial charge in [-0.1, -0.05) is 6.07 Å². The van der Waals surface area contributed by atoms with E-state index in [1.807, 2.05) is 6.07 Å². The summed E-state index contributed by atoms with van der Waals surface area (Å²) in [5.74, 6) is 0.675. The van der Waals surface area contributed by atoms with Gasteiger partial charge in [0.05, 0.1) is 7.11 Å². The molecule has 3 nitrogen and oxygen atoms in total. The summed E-state index contributed by atoms with van der Waals surface area (Å²) in [6.45, 7) is 1.47. The van der Waals surface area contributed by atoms with Crippen LogP contribution in [0.1, 0.15) is 30.9 Å². The summed E-state index contributed by atoms with van der Waals surface area (Å²) < 4.78 is 10.6. The lowest BCUT2D eigenvalue weighted by atomic mass is 10.0. The topological polar surface area (TPSA) is 35.5 Å². The second kappa shape index (κ2) is 5.21. The van der Waals surface area contributed by atoms with Crippen LogP contribution >= 0.6 is 0 Å². The highest BCUT2D eigenvalue weighted by Crippen LogP contribution is 2.26. The molecule has 1 atom stereocenters. The summed E-state index contributed by atoms with van der Waals surface area (Å²) in [7, 11) is 1.67. The fourth-order valence-corrected chi connectivity index (χ4v) is 2.37. The number of methoxy groups -OCH3 is 1. The standard InChI is InChI=1S/C14H18O3/c1-10(15)17-14-5-3-4-11-6-7-13(16-2)8-12(11)9-14/h6-8,14H,3-5,9H2,1-2H3/t14-/m1/s1. The minimum atomic E-state index is -0.193. The molecule has 0 amide bonds. The number of ether oxygens (including phenoxy) is 2.